The van der Waals surface area contributed by atoms with E-state index in [2.05, 4.69) is 23.8 Å². The summed E-state index contributed by atoms with van der Waals surface area (Å²) in [5, 5.41) is 0. The molecule has 1 saturated heterocycles. The second kappa shape index (κ2) is 4.19. The van der Waals surface area contributed by atoms with Crippen LogP contribution in [0.3, 0.4) is 0 Å². The van der Waals surface area contributed by atoms with Crippen LogP contribution in [0.1, 0.15) is 6.92 Å². The lowest BCUT2D eigenvalue weighted by atomic mass is 10.1. The third kappa shape index (κ3) is 2.29. The van der Waals surface area contributed by atoms with E-state index in [1.54, 1.807) is 12.1 Å². The Labute approximate surface area is 90.3 Å². The van der Waals surface area contributed by atoms with Crippen molar-refractivity contribution in [2.24, 2.45) is 0 Å². The molecule has 1 aliphatic heterocycles. The van der Waals surface area contributed by atoms with Crippen molar-refractivity contribution in [1.29, 1.82) is 0 Å². The fraction of sp³-hybridized carbons (Fsp3) is 0.500. The summed E-state index contributed by atoms with van der Waals surface area (Å²) in [4.78, 5) is 4.57. The van der Waals surface area contributed by atoms with Gasteiger partial charge in [-0.25, -0.2) is 4.39 Å². The number of likely N-dealkylation sites (N-methyl/N-ethyl adjacent to an activating group) is 1. The van der Waals surface area contributed by atoms with Crippen LogP contribution >= 0.6 is 0 Å². The molecule has 1 atom stereocenters. The number of halogens is 1. The van der Waals surface area contributed by atoms with Gasteiger partial charge in [-0.1, -0.05) is 6.07 Å². The van der Waals surface area contributed by atoms with E-state index in [1.165, 1.54) is 6.07 Å². The standard InChI is InChI=1S/C12H17FN2/c1-10-9-14(2)6-7-15(10)12-5-3-4-11(13)8-12/h3-5,8,10H,6-7,9H2,1-2H3/t10-/m0/s1. The normalized spacial score (nSPS) is 23.1. The highest BCUT2D eigenvalue weighted by molar-refractivity contribution is 5.47. The number of anilines is 1. The number of hydrogen-bond acceptors (Lipinski definition) is 2. The summed E-state index contributed by atoms with van der Waals surface area (Å²) in [5.41, 5.74) is 0.996. The zero-order chi connectivity index (χ0) is 10.8. The van der Waals surface area contributed by atoms with Crippen LogP contribution < -0.4 is 4.90 Å². The fourth-order valence-electron chi connectivity index (χ4n) is 2.18. The zero-order valence-electron chi connectivity index (χ0n) is 9.28. The second-order valence-electron chi connectivity index (χ2n) is 4.28. The van der Waals surface area contributed by atoms with Crippen LogP contribution in [0, 0.1) is 5.82 Å². The molecule has 0 aliphatic carbocycles. The lowest BCUT2D eigenvalue weighted by molar-refractivity contribution is 0.275. The van der Waals surface area contributed by atoms with Crippen molar-refractivity contribution in [1.82, 2.24) is 4.90 Å². The number of rotatable bonds is 1. The maximum Gasteiger partial charge on any atom is 0.125 e. The molecule has 1 heterocycles. The quantitative estimate of drug-likeness (QED) is 0.696. The molecular weight excluding hydrogens is 191 g/mol. The summed E-state index contributed by atoms with van der Waals surface area (Å²) in [6, 6.07) is 7.30. The maximum atomic E-state index is 13.1. The first-order valence-corrected chi connectivity index (χ1v) is 5.37. The smallest absolute Gasteiger partial charge is 0.125 e. The van der Waals surface area contributed by atoms with E-state index in [4.69, 9.17) is 0 Å². The summed E-state index contributed by atoms with van der Waals surface area (Å²) in [5.74, 6) is -0.154. The second-order valence-corrected chi connectivity index (χ2v) is 4.28. The van der Waals surface area contributed by atoms with Crippen LogP contribution in [0.2, 0.25) is 0 Å². The third-order valence-corrected chi connectivity index (χ3v) is 2.97. The maximum absolute atomic E-state index is 13.1. The van der Waals surface area contributed by atoms with Crippen molar-refractivity contribution in [3.8, 4) is 0 Å². The summed E-state index contributed by atoms with van der Waals surface area (Å²) >= 11 is 0. The van der Waals surface area contributed by atoms with Gasteiger partial charge in [-0.15, -0.1) is 0 Å². The van der Waals surface area contributed by atoms with E-state index in [0.29, 0.717) is 6.04 Å². The highest BCUT2D eigenvalue weighted by Crippen LogP contribution is 2.20. The Morgan fingerprint density at radius 2 is 2.13 bits per heavy atom. The highest BCUT2D eigenvalue weighted by Gasteiger charge is 2.21. The van der Waals surface area contributed by atoms with Crippen molar-refractivity contribution in [2.45, 2.75) is 13.0 Å². The van der Waals surface area contributed by atoms with Gasteiger partial charge in [0.1, 0.15) is 5.82 Å². The van der Waals surface area contributed by atoms with Crippen LogP contribution in [-0.2, 0) is 0 Å². The molecule has 1 aliphatic rings. The Kier molecular flexibility index (Phi) is 2.91. The van der Waals surface area contributed by atoms with E-state index in [9.17, 15) is 4.39 Å². The molecule has 0 bridgehead atoms. The van der Waals surface area contributed by atoms with Crippen molar-refractivity contribution < 1.29 is 4.39 Å². The molecule has 15 heavy (non-hydrogen) atoms. The lowest BCUT2D eigenvalue weighted by Gasteiger charge is -2.39. The summed E-state index contributed by atoms with van der Waals surface area (Å²) < 4.78 is 13.1. The summed E-state index contributed by atoms with van der Waals surface area (Å²) in [6.45, 7) is 5.24. The average Bonchev–Trinajstić information content (AvgIpc) is 2.17. The molecule has 0 unspecified atom stereocenters. The van der Waals surface area contributed by atoms with Crippen molar-refractivity contribution >= 4 is 5.69 Å². The Balaban J connectivity index is 2.17. The molecule has 0 saturated carbocycles. The molecule has 1 aromatic carbocycles. The molecule has 0 amide bonds. The molecule has 0 N–H and O–H groups in total. The Morgan fingerprint density at radius 1 is 1.33 bits per heavy atom. The number of benzene rings is 1. The first kappa shape index (κ1) is 10.4. The molecule has 3 heteroatoms. The van der Waals surface area contributed by atoms with Crippen molar-refractivity contribution in [3.63, 3.8) is 0 Å². The number of nitrogens with zero attached hydrogens (tertiary/aromatic N) is 2. The van der Waals surface area contributed by atoms with Crippen LogP contribution in [0.4, 0.5) is 10.1 Å². The average molecular weight is 208 g/mol. The monoisotopic (exact) mass is 208 g/mol. The summed E-state index contributed by atoms with van der Waals surface area (Å²) in [6.07, 6.45) is 0. The van der Waals surface area contributed by atoms with Crippen molar-refractivity contribution in [2.75, 3.05) is 31.6 Å². The largest absolute Gasteiger partial charge is 0.366 e. The van der Waals surface area contributed by atoms with Gasteiger partial charge >= 0.3 is 0 Å². The molecule has 0 spiro atoms. The third-order valence-electron chi connectivity index (χ3n) is 2.97. The van der Waals surface area contributed by atoms with E-state index in [0.717, 1.165) is 25.3 Å². The molecule has 2 rings (SSSR count). The minimum atomic E-state index is -0.154. The molecule has 82 valence electrons. The number of piperazine rings is 1. The molecule has 2 nitrogen and oxygen atoms in total. The Bertz CT molecular complexity index is 340. The molecular formula is C12H17FN2. The van der Waals surface area contributed by atoms with Gasteiger partial charge in [0, 0.05) is 31.4 Å². The van der Waals surface area contributed by atoms with Crippen molar-refractivity contribution in [3.05, 3.63) is 30.1 Å². The van der Waals surface area contributed by atoms with Gasteiger partial charge in [-0.2, -0.15) is 0 Å². The first-order chi connectivity index (χ1) is 7.16. The van der Waals surface area contributed by atoms with Crippen LogP contribution in [0.15, 0.2) is 24.3 Å². The number of hydrogen-bond donors (Lipinski definition) is 0. The first-order valence-electron chi connectivity index (χ1n) is 5.37. The van der Waals surface area contributed by atoms with Gasteiger partial charge in [-0.05, 0) is 32.2 Å². The van der Waals surface area contributed by atoms with E-state index in [-0.39, 0.29) is 5.82 Å². The van der Waals surface area contributed by atoms with Gasteiger partial charge < -0.3 is 9.80 Å². The van der Waals surface area contributed by atoms with Gasteiger partial charge in [0.2, 0.25) is 0 Å². The van der Waals surface area contributed by atoms with Gasteiger partial charge in [0.25, 0.3) is 0 Å². The van der Waals surface area contributed by atoms with Gasteiger partial charge in [0.15, 0.2) is 0 Å². The highest BCUT2D eigenvalue weighted by atomic mass is 19.1. The lowest BCUT2D eigenvalue weighted by Crippen LogP contribution is -2.50. The van der Waals surface area contributed by atoms with Gasteiger partial charge in [-0.3, -0.25) is 0 Å². The Morgan fingerprint density at radius 3 is 2.80 bits per heavy atom. The topological polar surface area (TPSA) is 6.48 Å². The molecule has 1 aromatic rings. The SMILES string of the molecule is C[C@H]1CN(C)CCN1c1cccc(F)c1. The molecule has 0 radical (unpaired) electrons. The van der Waals surface area contributed by atoms with Crippen LogP contribution in [-0.4, -0.2) is 37.6 Å². The van der Waals surface area contributed by atoms with Gasteiger partial charge in [0.05, 0.1) is 0 Å². The van der Waals surface area contributed by atoms with E-state index < -0.39 is 0 Å². The fourth-order valence-corrected chi connectivity index (χ4v) is 2.18. The Hall–Kier alpha value is -1.09. The zero-order valence-corrected chi connectivity index (χ0v) is 9.28. The predicted octanol–water partition coefficient (Wildman–Crippen LogP) is 1.97. The minimum absolute atomic E-state index is 0.154. The summed E-state index contributed by atoms with van der Waals surface area (Å²) in [7, 11) is 2.12. The molecule has 0 aromatic heterocycles. The predicted molar refractivity (Wildman–Crippen MR) is 60.7 cm³/mol. The minimum Gasteiger partial charge on any atom is -0.366 e. The van der Waals surface area contributed by atoms with E-state index >= 15 is 0 Å². The van der Waals surface area contributed by atoms with E-state index in [1.807, 2.05) is 6.07 Å². The molecule has 1 fully saturated rings. The van der Waals surface area contributed by atoms with Crippen LogP contribution in [0.25, 0.3) is 0 Å². The van der Waals surface area contributed by atoms with Crippen LogP contribution in [0.5, 0.6) is 0 Å².